The van der Waals surface area contributed by atoms with E-state index in [2.05, 4.69) is 96.0 Å². The highest BCUT2D eigenvalue weighted by Crippen LogP contribution is 2.63. The highest BCUT2D eigenvalue weighted by atomic mass is 32.2. The van der Waals surface area contributed by atoms with E-state index in [0.717, 1.165) is 27.4 Å². The predicted octanol–water partition coefficient (Wildman–Crippen LogP) is 8.57. The van der Waals surface area contributed by atoms with Crippen LogP contribution >= 0.6 is 0 Å². The fourth-order valence-corrected chi connectivity index (χ4v) is 8.18. The molecule has 2 aliphatic carbocycles. The fourth-order valence-electron chi connectivity index (χ4n) is 7.63. The Morgan fingerprint density at radius 1 is 0.488 bits per heavy atom. The molecule has 1 N–H and O–H groups in total. The number of nitrogens with one attached hydrogen (secondary N) is 1. The first-order valence-corrected chi connectivity index (χ1v) is 14.8. The molecule has 0 fully saturated rings. The van der Waals surface area contributed by atoms with E-state index >= 15 is 0 Å². The zero-order valence-corrected chi connectivity index (χ0v) is 22.7. The minimum Gasteiger partial charge on any atom is -0.768 e. The lowest BCUT2D eigenvalue weighted by molar-refractivity contribution is 0.537. The molecule has 0 saturated carbocycles. The molecular formula is C37H22NO2S-. The first kappa shape index (κ1) is 23.0. The summed E-state index contributed by atoms with van der Waals surface area (Å²) in [6, 6.07) is 44.3. The average Bonchev–Trinajstić information content (AvgIpc) is 3.65. The van der Waals surface area contributed by atoms with Gasteiger partial charge in [-0.2, -0.15) is 0 Å². The van der Waals surface area contributed by atoms with E-state index in [1.807, 2.05) is 24.3 Å². The van der Waals surface area contributed by atoms with Gasteiger partial charge in [0, 0.05) is 26.8 Å². The maximum Gasteiger partial charge on any atom is 0.0726 e. The summed E-state index contributed by atoms with van der Waals surface area (Å²) in [7, 11) is 0. The minimum absolute atomic E-state index is 0.298. The third-order valence-corrected chi connectivity index (χ3v) is 9.84. The van der Waals surface area contributed by atoms with E-state index in [-0.39, 0.29) is 0 Å². The molecule has 3 nitrogen and oxygen atoms in total. The van der Waals surface area contributed by atoms with Crippen LogP contribution in [0, 0.1) is 0 Å². The van der Waals surface area contributed by atoms with E-state index in [4.69, 9.17) is 0 Å². The molecule has 0 aliphatic heterocycles. The highest BCUT2D eigenvalue weighted by molar-refractivity contribution is 7.79. The normalized spacial score (nSPS) is 14.7. The summed E-state index contributed by atoms with van der Waals surface area (Å²) in [5.41, 5.74) is 13.4. The molecular weight excluding hydrogens is 522 g/mol. The van der Waals surface area contributed by atoms with Crippen molar-refractivity contribution in [3.8, 4) is 33.4 Å². The van der Waals surface area contributed by atoms with Gasteiger partial charge in [0.15, 0.2) is 0 Å². The molecule has 0 bridgehead atoms. The summed E-state index contributed by atoms with van der Waals surface area (Å²) in [4.78, 5) is 4.10. The summed E-state index contributed by atoms with van der Waals surface area (Å²) < 4.78 is 24.3. The Bertz CT molecular complexity index is 2210. The van der Waals surface area contributed by atoms with Crippen LogP contribution in [0.4, 0.5) is 0 Å². The molecule has 9 rings (SSSR count). The van der Waals surface area contributed by atoms with Crippen LogP contribution in [-0.2, 0) is 16.5 Å². The molecule has 1 aromatic heterocycles. The zero-order valence-electron chi connectivity index (χ0n) is 21.8. The lowest BCUT2D eigenvalue weighted by atomic mass is 9.70. The SMILES string of the molecule is O=S([O-])c1ccccc1-c1cccc2c1[nH]c1c3c(ccc12)C1(c2ccccc2-c2ccccc21)c1ccccc1-3. The number of benzene rings is 6. The maximum atomic E-state index is 12.1. The Morgan fingerprint density at radius 2 is 1.02 bits per heavy atom. The van der Waals surface area contributed by atoms with Gasteiger partial charge in [0.25, 0.3) is 0 Å². The van der Waals surface area contributed by atoms with Crippen LogP contribution in [-0.4, -0.2) is 13.7 Å². The molecule has 1 unspecified atom stereocenters. The highest BCUT2D eigenvalue weighted by Gasteiger charge is 2.52. The van der Waals surface area contributed by atoms with E-state index in [1.54, 1.807) is 12.1 Å². The quantitative estimate of drug-likeness (QED) is 0.222. The molecule has 2 aliphatic rings. The predicted molar refractivity (Wildman–Crippen MR) is 165 cm³/mol. The molecule has 6 aromatic carbocycles. The van der Waals surface area contributed by atoms with Crippen molar-refractivity contribution in [2.45, 2.75) is 10.3 Å². The summed E-state index contributed by atoms with van der Waals surface area (Å²) in [6.07, 6.45) is 0. The van der Waals surface area contributed by atoms with Gasteiger partial charge in [0.1, 0.15) is 0 Å². The Balaban J connectivity index is 1.42. The van der Waals surface area contributed by atoms with Crippen LogP contribution in [0.5, 0.6) is 0 Å². The van der Waals surface area contributed by atoms with E-state index < -0.39 is 16.5 Å². The van der Waals surface area contributed by atoms with Gasteiger partial charge in [-0.05, 0) is 61.7 Å². The first-order chi connectivity index (χ1) is 20.2. The second-order valence-corrected chi connectivity index (χ2v) is 11.8. The summed E-state index contributed by atoms with van der Waals surface area (Å²) in [5, 5.41) is 2.21. The smallest absolute Gasteiger partial charge is 0.0726 e. The van der Waals surface area contributed by atoms with Crippen molar-refractivity contribution < 1.29 is 8.76 Å². The lowest BCUT2D eigenvalue weighted by Crippen LogP contribution is -2.25. The number of aromatic amines is 1. The number of para-hydroxylation sites is 1. The molecule has 7 aromatic rings. The Morgan fingerprint density at radius 3 is 1.71 bits per heavy atom. The van der Waals surface area contributed by atoms with E-state index in [1.165, 1.54) is 44.5 Å². The molecule has 194 valence electrons. The zero-order chi connectivity index (χ0) is 27.3. The second kappa shape index (κ2) is 8.14. The van der Waals surface area contributed by atoms with Gasteiger partial charge < -0.3 is 9.54 Å². The van der Waals surface area contributed by atoms with E-state index in [9.17, 15) is 8.76 Å². The molecule has 0 amide bonds. The van der Waals surface area contributed by atoms with Crippen molar-refractivity contribution in [3.05, 3.63) is 150 Å². The number of H-pyrrole nitrogens is 1. The van der Waals surface area contributed by atoms with Crippen LogP contribution in [0.15, 0.2) is 132 Å². The molecule has 41 heavy (non-hydrogen) atoms. The van der Waals surface area contributed by atoms with Crippen molar-refractivity contribution in [1.29, 1.82) is 0 Å². The molecule has 0 saturated heterocycles. The number of hydrogen-bond acceptors (Lipinski definition) is 2. The average molecular weight is 545 g/mol. The van der Waals surface area contributed by atoms with Gasteiger partial charge in [-0.15, -0.1) is 0 Å². The van der Waals surface area contributed by atoms with Gasteiger partial charge in [-0.3, -0.25) is 4.21 Å². The van der Waals surface area contributed by atoms with Gasteiger partial charge in [0.05, 0.1) is 16.4 Å². The van der Waals surface area contributed by atoms with Gasteiger partial charge >= 0.3 is 0 Å². The lowest BCUT2D eigenvalue weighted by Gasteiger charge is -2.30. The molecule has 1 atom stereocenters. The Kier molecular flexibility index (Phi) is 4.56. The van der Waals surface area contributed by atoms with Crippen LogP contribution in [0.25, 0.3) is 55.2 Å². The molecule has 1 spiro atoms. The van der Waals surface area contributed by atoms with Crippen LogP contribution in [0.2, 0.25) is 0 Å². The second-order valence-electron chi connectivity index (χ2n) is 10.9. The largest absolute Gasteiger partial charge is 0.768 e. The topological polar surface area (TPSA) is 55.9 Å². The molecule has 0 radical (unpaired) electrons. The van der Waals surface area contributed by atoms with Gasteiger partial charge in [-0.25, -0.2) is 0 Å². The van der Waals surface area contributed by atoms with Crippen molar-refractivity contribution in [2.24, 2.45) is 0 Å². The summed E-state index contributed by atoms with van der Waals surface area (Å²) in [6.45, 7) is 0. The third-order valence-electron chi connectivity index (χ3n) is 9.12. The van der Waals surface area contributed by atoms with Gasteiger partial charge in [-0.1, -0.05) is 121 Å². The first-order valence-electron chi connectivity index (χ1n) is 13.8. The Hall–Kier alpha value is -4.77. The van der Waals surface area contributed by atoms with Crippen LogP contribution < -0.4 is 0 Å². The Labute approximate surface area is 239 Å². The number of aromatic nitrogens is 1. The summed E-state index contributed by atoms with van der Waals surface area (Å²) >= 11 is -2.34. The molecule has 4 heteroatoms. The van der Waals surface area contributed by atoms with Crippen molar-refractivity contribution in [3.63, 3.8) is 0 Å². The standard InChI is InChI=1S/C37H23NO2S/c39-41(40)33-19-8-4-12-24(33)25-14-9-15-26-27-20-21-32-34(36(27)38-35(25)26)28-13-3-7-18-31(28)37(32)29-16-5-1-10-22(29)23-11-2-6-17-30(23)37/h1-21,38H,(H,39,40)/p-1. The third kappa shape index (κ3) is 2.78. The minimum atomic E-state index is -2.34. The number of rotatable bonds is 2. The summed E-state index contributed by atoms with van der Waals surface area (Å²) in [5.74, 6) is 0. The van der Waals surface area contributed by atoms with Crippen LogP contribution in [0.3, 0.4) is 0 Å². The molecule has 1 heterocycles. The monoisotopic (exact) mass is 544 g/mol. The van der Waals surface area contributed by atoms with E-state index in [0.29, 0.717) is 10.5 Å². The number of fused-ring (bicyclic) bond motifs is 14. The maximum absolute atomic E-state index is 12.1. The number of hydrogen-bond donors (Lipinski definition) is 1. The van der Waals surface area contributed by atoms with Crippen molar-refractivity contribution in [2.75, 3.05) is 0 Å². The van der Waals surface area contributed by atoms with Gasteiger partial charge in [0.2, 0.25) is 0 Å². The van der Waals surface area contributed by atoms with Crippen molar-refractivity contribution >= 4 is 32.9 Å². The van der Waals surface area contributed by atoms with Crippen molar-refractivity contribution in [1.82, 2.24) is 4.98 Å². The fraction of sp³-hybridized carbons (Fsp3) is 0.0270. The van der Waals surface area contributed by atoms with Crippen LogP contribution in [0.1, 0.15) is 22.3 Å².